The molecular formula is C17H27ClFN7O2. The van der Waals surface area contributed by atoms with Crippen LogP contribution >= 0.6 is 11.8 Å². The van der Waals surface area contributed by atoms with Crippen molar-refractivity contribution in [1.82, 2.24) is 30.7 Å². The Labute approximate surface area is 168 Å². The second kappa shape index (κ2) is 7.57. The number of ether oxygens (including phenoxy) is 1. The molecule has 28 heavy (non-hydrogen) atoms. The maximum atomic E-state index is 14.2. The fraction of sp³-hybridized carbons (Fsp3) is 0.765. The number of hydrogen-bond donors (Lipinski definition) is 3. The Morgan fingerprint density at radius 3 is 2.96 bits per heavy atom. The first-order valence-electron chi connectivity index (χ1n) is 9.75. The molecule has 0 aromatic rings. The summed E-state index contributed by atoms with van der Waals surface area (Å²) < 4.78 is 21.3. The van der Waals surface area contributed by atoms with Crippen LogP contribution in [0.2, 0.25) is 0 Å². The SMILES string of the molecule is CC(=O)OC(C)C1(N2CN(Cl)C3=C2NN(N[C@H]2CCNC[C@H]2F)N=C3)CCC1. The zero-order chi connectivity index (χ0) is 19.9. The molecule has 4 rings (SSSR count). The van der Waals surface area contributed by atoms with E-state index in [0.717, 1.165) is 37.3 Å². The number of carbonyl (C=O) groups excluding carboxylic acids is 1. The lowest BCUT2D eigenvalue weighted by atomic mass is 9.71. The lowest BCUT2D eigenvalue weighted by Crippen LogP contribution is -2.64. The number of alkyl halides is 1. The Morgan fingerprint density at radius 1 is 1.54 bits per heavy atom. The summed E-state index contributed by atoms with van der Waals surface area (Å²) in [5.41, 5.74) is 6.74. The fourth-order valence-corrected chi connectivity index (χ4v) is 4.58. The number of hydrogen-bond acceptors (Lipinski definition) is 9. The van der Waals surface area contributed by atoms with E-state index in [4.69, 9.17) is 16.5 Å². The van der Waals surface area contributed by atoms with Crippen LogP contribution < -0.4 is 16.2 Å². The van der Waals surface area contributed by atoms with Crippen LogP contribution in [0.3, 0.4) is 0 Å². The van der Waals surface area contributed by atoms with Crippen molar-refractivity contribution in [2.75, 3.05) is 19.8 Å². The second-order valence-electron chi connectivity index (χ2n) is 7.79. The molecule has 1 aliphatic carbocycles. The summed E-state index contributed by atoms with van der Waals surface area (Å²) in [6.07, 6.45) is 3.90. The summed E-state index contributed by atoms with van der Waals surface area (Å²) >= 11 is 6.43. The van der Waals surface area contributed by atoms with Gasteiger partial charge in [0.15, 0.2) is 5.82 Å². The number of esters is 1. The molecule has 3 heterocycles. The molecule has 2 fully saturated rings. The minimum absolute atomic E-state index is 0.280. The van der Waals surface area contributed by atoms with Gasteiger partial charge in [0.05, 0.1) is 17.8 Å². The molecule has 3 atom stereocenters. The van der Waals surface area contributed by atoms with Crippen molar-refractivity contribution in [2.45, 2.75) is 63.4 Å². The zero-order valence-corrected chi connectivity index (χ0v) is 16.9. The van der Waals surface area contributed by atoms with Crippen LogP contribution in [0, 0.1) is 0 Å². The van der Waals surface area contributed by atoms with Crippen molar-refractivity contribution in [1.29, 1.82) is 0 Å². The molecule has 4 aliphatic rings. The number of nitrogens with zero attached hydrogens (tertiary/aromatic N) is 4. The molecule has 156 valence electrons. The summed E-state index contributed by atoms with van der Waals surface area (Å²) in [6, 6.07) is -0.326. The van der Waals surface area contributed by atoms with Crippen LogP contribution in [0.5, 0.6) is 0 Å². The highest BCUT2D eigenvalue weighted by Crippen LogP contribution is 2.46. The molecule has 1 unspecified atom stereocenters. The molecule has 9 nitrogen and oxygen atoms in total. The number of halogens is 2. The minimum atomic E-state index is -0.993. The zero-order valence-electron chi connectivity index (χ0n) is 16.1. The van der Waals surface area contributed by atoms with Crippen LogP contribution in [0.15, 0.2) is 16.6 Å². The molecular weight excluding hydrogens is 389 g/mol. The van der Waals surface area contributed by atoms with E-state index >= 15 is 0 Å². The monoisotopic (exact) mass is 415 g/mol. The van der Waals surface area contributed by atoms with E-state index in [-0.39, 0.29) is 23.7 Å². The topological polar surface area (TPSA) is 84.5 Å². The molecule has 3 N–H and O–H groups in total. The standard InChI is InChI=1S/C17H27ClFN7O2/c1-11(28-12(2)27)17(5-3-6-17)24-10-25(18)15-9-21-26(23-16(15)24)22-14-4-7-20-8-13(14)19/h9,11,13-14,20,22-23H,3-8,10H2,1-2H3/t11?,13-,14+/m1/s1. The molecule has 0 bridgehead atoms. The van der Waals surface area contributed by atoms with Crippen LogP contribution in [0.25, 0.3) is 0 Å². The highest BCUT2D eigenvalue weighted by Gasteiger charge is 2.53. The lowest BCUT2D eigenvalue weighted by Gasteiger charge is -2.53. The maximum Gasteiger partial charge on any atom is 0.302 e. The first-order valence-corrected chi connectivity index (χ1v) is 10.1. The second-order valence-corrected chi connectivity index (χ2v) is 8.19. The summed E-state index contributed by atoms with van der Waals surface area (Å²) in [6.45, 7) is 4.88. The third kappa shape index (κ3) is 3.37. The molecule has 0 aromatic carbocycles. The van der Waals surface area contributed by atoms with Gasteiger partial charge < -0.3 is 15.0 Å². The van der Waals surface area contributed by atoms with E-state index in [0.29, 0.717) is 19.6 Å². The molecule has 0 spiro atoms. The predicted molar refractivity (Wildman–Crippen MR) is 102 cm³/mol. The van der Waals surface area contributed by atoms with E-state index in [1.54, 1.807) is 10.6 Å². The highest BCUT2D eigenvalue weighted by molar-refractivity contribution is 6.16. The predicted octanol–water partition coefficient (Wildman–Crippen LogP) is 0.769. The Kier molecular flexibility index (Phi) is 5.28. The van der Waals surface area contributed by atoms with Gasteiger partial charge in [-0.2, -0.15) is 5.43 Å². The average molecular weight is 416 g/mol. The Bertz CT molecular complexity index is 686. The number of rotatable bonds is 5. The summed E-state index contributed by atoms with van der Waals surface area (Å²) in [5.74, 6) is 0.483. The Balaban J connectivity index is 1.51. The van der Waals surface area contributed by atoms with Gasteiger partial charge in [0.1, 0.15) is 24.6 Å². The molecule has 11 heteroatoms. The van der Waals surface area contributed by atoms with E-state index in [9.17, 15) is 9.18 Å². The Morgan fingerprint density at radius 2 is 2.32 bits per heavy atom. The van der Waals surface area contributed by atoms with Crippen molar-refractivity contribution >= 4 is 24.0 Å². The normalized spacial score (nSPS) is 29.9. The van der Waals surface area contributed by atoms with E-state index < -0.39 is 6.17 Å². The number of nitrogens with one attached hydrogen (secondary N) is 3. The largest absolute Gasteiger partial charge is 0.460 e. The number of hydrazine groups is 2. The number of carbonyl (C=O) groups is 1. The number of piperidine rings is 1. The van der Waals surface area contributed by atoms with Gasteiger partial charge in [-0.25, -0.2) is 9.82 Å². The van der Waals surface area contributed by atoms with Crippen molar-refractivity contribution in [3.63, 3.8) is 0 Å². The van der Waals surface area contributed by atoms with Crippen LogP contribution in [0.1, 0.15) is 39.5 Å². The van der Waals surface area contributed by atoms with Gasteiger partial charge in [-0.05, 0) is 39.2 Å². The van der Waals surface area contributed by atoms with E-state index in [1.807, 2.05) is 6.92 Å². The van der Waals surface area contributed by atoms with Crippen molar-refractivity contribution in [3.8, 4) is 0 Å². The smallest absolute Gasteiger partial charge is 0.302 e. The van der Waals surface area contributed by atoms with Crippen molar-refractivity contribution in [3.05, 3.63) is 11.5 Å². The lowest BCUT2D eigenvalue weighted by molar-refractivity contribution is -0.159. The van der Waals surface area contributed by atoms with Crippen LogP contribution in [-0.2, 0) is 9.53 Å². The van der Waals surface area contributed by atoms with Crippen LogP contribution in [-0.4, -0.2) is 70.3 Å². The molecule has 0 aromatic heterocycles. The van der Waals surface area contributed by atoms with Crippen LogP contribution in [0.4, 0.5) is 4.39 Å². The summed E-state index contributed by atoms with van der Waals surface area (Å²) in [7, 11) is 0. The third-order valence-corrected chi connectivity index (χ3v) is 6.39. The van der Waals surface area contributed by atoms with Gasteiger partial charge in [0.2, 0.25) is 0 Å². The summed E-state index contributed by atoms with van der Waals surface area (Å²) in [5, 5.41) is 8.80. The highest BCUT2D eigenvalue weighted by atomic mass is 35.5. The van der Waals surface area contributed by atoms with Gasteiger partial charge in [-0.1, -0.05) is 0 Å². The van der Waals surface area contributed by atoms with Gasteiger partial charge >= 0.3 is 5.97 Å². The van der Waals surface area contributed by atoms with Gasteiger partial charge in [-0.3, -0.25) is 9.21 Å². The average Bonchev–Trinajstić information content (AvgIpc) is 2.92. The fourth-order valence-electron chi connectivity index (χ4n) is 4.35. The van der Waals surface area contributed by atoms with Crippen molar-refractivity contribution < 1.29 is 13.9 Å². The minimum Gasteiger partial charge on any atom is -0.460 e. The molecule has 0 radical (unpaired) electrons. The van der Waals surface area contributed by atoms with Gasteiger partial charge in [-0.15, -0.1) is 10.3 Å². The molecule has 1 saturated heterocycles. The van der Waals surface area contributed by atoms with Gasteiger partial charge in [0.25, 0.3) is 0 Å². The molecule has 0 amide bonds. The maximum absolute atomic E-state index is 14.2. The van der Waals surface area contributed by atoms with Crippen molar-refractivity contribution in [2.24, 2.45) is 5.10 Å². The third-order valence-electron chi connectivity index (χ3n) is 6.10. The first kappa shape index (κ1) is 19.5. The Hall–Kier alpha value is -1.78. The molecule has 3 aliphatic heterocycles. The quantitative estimate of drug-likeness (QED) is 0.448. The first-order chi connectivity index (χ1) is 13.4. The van der Waals surface area contributed by atoms with E-state index in [1.165, 1.54) is 12.2 Å². The summed E-state index contributed by atoms with van der Waals surface area (Å²) in [4.78, 5) is 13.7. The number of allylic oxidation sites excluding steroid dienone is 1. The van der Waals surface area contributed by atoms with Gasteiger partial charge in [0, 0.05) is 25.2 Å². The molecule has 1 saturated carbocycles. The number of hydrazone groups is 1. The van der Waals surface area contributed by atoms with E-state index in [2.05, 4.69) is 26.2 Å².